The highest BCUT2D eigenvalue weighted by molar-refractivity contribution is 5.79. The zero-order valence-electron chi connectivity index (χ0n) is 13.0. The molecule has 1 aromatic heterocycles. The van der Waals surface area contributed by atoms with E-state index >= 15 is 0 Å². The summed E-state index contributed by atoms with van der Waals surface area (Å²) in [6.07, 6.45) is 6.17. The van der Waals surface area contributed by atoms with Gasteiger partial charge in [0.25, 0.3) is 0 Å². The van der Waals surface area contributed by atoms with E-state index in [0.717, 1.165) is 25.8 Å². The highest BCUT2D eigenvalue weighted by atomic mass is 19.1. The first-order valence-corrected chi connectivity index (χ1v) is 8.11. The normalized spacial score (nSPS) is 31.8. The van der Waals surface area contributed by atoms with Crippen molar-refractivity contribution in [2.75, 3.05) is 13.1 Å². The molecule has 0 aromatic carbocycles. The second kappa shape index (κ2) is 6.73. The molecule has 2 aliphatic rings. The first kappa shape index (κ1) is 15.4. The van der Waals surface area contributed by atoms with E-state index in [1.165, 1.54) is 0 Å². The van der Waals surface area contributed by atoms with Crippen molar-refractivity contribution in [2.45, 2.75) is 57.4 Å². The van der Waals surface area contributed by atoms with Gasteiger partial charge in [0.1, 0.15) is 18.8 Å². The van der Waals surface area contributed by atoms with Crippen LogP contribution in [0.2, 0.25) is 0 Å². The van der Waals surface area contributed by atoms with Gasteiger partial charge in [-0.15, -0.1) is 0 Å². The maximum Gasteiger partial charge on any atom is 0.236 e. The van der Waals surface area contributed by atoms with Crippen LogP contribution in [-0.2, 0) is 11.3 Å². The van der Waals surface area contributed by atoms with Crippen LogP contribution in [0, 0.1) is 5.92 Å². The summed E-state index contributed by atoms with van der Waals surface area (Å²) < 4.78 is 15.2. The average Bonchev–Trinajstić information content (AvgIpc) is 3.19. The Morgan fingerprint density at radius 3 is 2.95 bits per heavy atom. The number of aromatic nitrogens is 3. The zero-order chi connectivity index (χ0) is 15.5. The van der Waals surface area contributed by atoms with Crippen LogP contribution in [0.4, 0.5) is 4.39 Å². The Hall–Kier alpha value is -1.50. The lowest BCUT2D eigenvalue weighted by atomic mass is 10.1. The maximum absolute atomic E-state index is 13.3. The quantitative estimate of drug-likeness (QED) is 0.881. The predicted octanol–water partition coefficient (Wildman–Crippen LogP) is 0.995. The molecule has 1 saturated heterocycles. The third-order valence-corrected chi connectivity index (χ3v) is 4.84. The van der Waals surface area contributed by atoms with E-state index < -0.39 is 6.17 Å². The van der Waals surface area contributed by atoms with Crippen molar-refractivity contribution < 1.29 is 9.18 Å². The Kier molecular flexibility index (Phi) is 4.71. The van der Waals surface area contributed by atoms with Crippen molar-refractivity contribution in [3.8, 4) is 0 Å². The van der Waals surface area contributed by atoms with Gasteiger partial charge in [-0.05, 0) is 32.1 Å². The molecule has 1 aromatic rings. The van der Waals surface area contributed by atoms with Crippen molar-refractivity contribution in [1.82, 2.24) is 25.0 Å². The summed E-state index contributed by atoms with van der Waals surface area (Å²) >= 11 is 0. The Labute approximate surface area is 130 Å². The molecule has 0 unspecified atom stereocenters. The summed E-state index contributed by atoms with van der Waals surface area (Å²) in [6.45, 7) is 3.37. The van der Waals surface area contributed by atoms with Gasteiger partial charge in [-0.3, -0.25) is 9.48 Å². The van der Waals surface area contributed by atoms with E-state index in [9.17, 15) is 9.18 Å². The highest BCUT2D eigenvalue weighted by Crippen LogP contribution is 2.27. The van der Waals surface area contributed by atoms with Crippen LogP contribution in [-0.4, -0.2) is 56.9 Å². The largest absolute Gasteiger partial charge is 0.336 e. The standard InChI is InChI=1S/C15H24FN5O/c1-11-4-13(16)8-21(11)15(22)6-18-14-3-2-12(5-14)7-20-10-17-9-19-20/h9-14,18H,2-8H2,1H3/t11-,12-,13+,14+/m1/s1. The van der Waals surface area contributed by atoms with Crippen LogP contribution in [0.15, 0.2) is 12.7 Å². The van der Waals surface area contributed by atoms with Crippen molar-refractivity contribution in [3.05, 3.63) is 12.7 Å². The predicted molar refractivity (Wildman–Crippen MR) is 79.8 cm³/mol. The van der Waals surface area contributed by atoms with E-state index in [2.05, 4.69) is 15.4 Å². The van der Waals surface area contributed by atoms with Crippen molar-refractivity contribution in [1.29, 1.82) is 0 Å². The molecular weight excluding hydrogens is 285 g/mol. The number of amides is 1. The molecule has 1 N–H and O–H groups in total. The summed E-state index contributed by atoms with van der Waals surface area (Å²) in [5.74, 6) is 0.600. The summed E-state index contributed by atoms with van der Waals surface area (Å²) in [5, 5.41) is 7.48. The van der Waals surface area contributed by atoms with E-state index in [0.29, 0.717) is 24.9 Å². The number of alkyl halides is 1. The van der Waals surface area contributed by atoms with E-state index in [1.54, 1.807) is 17.6 Å². The number of nitrogens with one attached hydrogen (secondary N) is 1. The molecule has 0 radical (unpaired) electrons. The fourth-order valence-electron chi connectivity index (χ4n) is 3.66. The van der Waals surface area contributed by atoms with E-state index in [4.69, 9.17) is 0 Å². The molecular formula is C15H24FN5O. The third-order valence-electron chi connectivity index (χ3n) is 4.84. The van der Waals surface area contributed by atoms with Crippen LogP contribution in [0.25, 0.3) is 0 Å². The van der Waals surface area contributed by atoms with Gasteiger partial charge in [-0.2, -0.15) is 5.10 Å². The smallest absolute Gasteiger partial charge is 0.236 e. The van der Waals surface area contributed by atoms with Crippen molar-refractivity contribution >= 4 is 5.91 Å². The Morgan fingerprint density at radius 2 is 2.27 bits per heavy atom. The average molecular weight is 309 g/mol. The molecule has 1 aliphatic heterocycles. The lowest BCUT2D eigenvalue weighted by Gasteiger charge is -2.22. The van der Waals surface area contributed by atoms with E-state index in [1.807, 2.05) is 11.6 Å². The molecule has 1 amide bonds. The maximum atomic E-state index is 13.3. The molecule has 2 fully saturated rings. The molecule has 122 valence electrons. The van der Waals surface area contributed by atoms with Crippen LogP contribution >= 0.6 is 0 Å². The van der Waals surface area contributed by atoms with Crippen molar-refractivity contribution in [3.63, 3.8) is 0 Å². The first-order chi connectivity index (χ1) is 10.6. The summed E-state index contributed by atoms with van der Waals surface area (Å²) in [5.41, 5.74) is 0. The second-order valence-corrected chi connectivity index (χ2v) is 6.60. The number of carbonyl (C=O) groups excluding carboxylic acids is 1. The molecule has 6 nitrogen and oxygen atoms in total. The number of halogens is 1. The number of nitrogens with zero attached hydrogens (tertiary/aromatic N) is 4. The van der Waals surface area contributed by atoms with Crippen LogP contribution in [0.3, 0.4) is 0 Å². The third kappa shape index (κ3) is 3.63. The fourth-order valence-corrected chi connectivity index (χ4v) is 3.66. The van der Waals surface area contributed by atoms with E-state index in [-0.39, 0.29) is 18.5 Å². The van der Waals surface area contributed by atoms with Crippen LogP contribution < -0.4 is 5.32 Å². The topological polar surface area (TPSA) is 63.1 Å². The minimum atomic E-state index is -0.863. The van der Waals surface area contributed by atoms with Gasteiger partial charge in [0.2, 0.25) is 5.91 Å². The molecule has 1 saturated carbocycles. The molecule has 7 heteroatoms. The molecule has 3 rings (SSSR count). The lowest BCUT2D eigenvalue weighted by Crippen LogP contribution is -2.42. The fraction of sp³-hybridized carbons (Fsp3) is 0.800. The number of hydrogen-bond donors (Lipinski definition) is 1. The molecule has 22 heavy (non-hydrogen) atoms. The zero-order valence-corrected chi connectivity index (χ0v) is 13.0. The lowest BCUT2D eigenvalue weighted by molar-refractivity contribution is -0.131. The van der Waals surface area contributed by atoms with Gasteiger partial charge < -0.3 is 10.2 Å². The van der Waals surface area contributed by atoms with Gasteiger partial charge in [-0.25, -0.2) is 9.37 Å². The molecule has 0 spiro atoms. The molecule has 4 atom stereocenters. The Bertz CT molecular complexity index is 494. The minimum Gasteiger partial charge on any atom is -0.336 e. The number of hydrogen-bond acceptors (Lipinski definition) is 4. The highest BCUT2D eigenvalue weighted by Gasteiger charge is 2.32. The SMILES string of the molecule is C[C@@H]1C[C@H](F)CN1C(=O)CN[C@H]1CC[C@@H](Cn2cncn2)C1. The number of rotatable bonds is 5. The summed E-state index contributed by atoms with van der Waals surface area (Å²) in [7, 11) is 0. The number of likely N-dealkylation sites (tertiary alicyclic amines) is 1. The van der Waals surface area contributed by atoms with Gasteiger partial charge >= 0.3 is 0 Å². The summed E-state index contributed by atoms with van der Waals surface area (Å²) in [6, 6.07) is 0.393. The van der Waals surface area contributed by atoms with Gasteiger partial charge in [0.05, 0.1) is 13.1 Å². The van der Waals surface area contributed by atoms with Crippen LogP contribution in [0.1, 0.15) is 32.6 Å². The molecule has 0 bridgehead atoms. The Morgan fingerprint density at radius 1 is 1.41 bits per heavy atom. The minimum absolute atomic E-state index is 0.0207. The van der Waals surface area contributed by atoms with Gasteiger partial charge in [-0.1, -0.05) is 0 Å². The molecule has 2 heterocycles. The second-order valence-electron chi connectivity index (χ2n) is 6.60. The molecule has 1 aliphatic carbocycles. The summed E-state index contributed by atoms with van der Waals surface area (Å²) in [4.78, 5) is 17.8. The number of carbonyl (C=O) groups is 1. The van der Waals surface area contributed by atoms with Gasteiger partial charge in [0.15, 0.2) is 0 Å². The van der Waals surface area contributed by atoms with Crippen molar-refractivity contribution in [2.24, 2.45) is 5.92 Å². The van der Waals surface area contributed by atoms with Crippen LogP contribution in [0.5, 0.6) is 0 Å². The van der Waals surface area contributed by atoms with Gasteiger partial charge in [0, 0.05) is 25.0 Å². The first-order valence-electron chi connectivity index (χ1n) is 8.11. The Balaban J connectivity index is 1.40. The monoisotopic (exact) mass is 309 g/mol.